The molecule has 1 fully saturated rings. The van der Waals surface area contributed by atoms with Crippen molar-refractivity contribution in [3.05, 3.63) is 29.8 Å². The molecule has 2 rings (SSSR count). The Morgan fingerprint density at radius 1 is 1.06 bits per heavy atom. The van der Waals surface area contributed by atoms with Crippen LogP contribution >= 0.6 is 0 Å². The normalized spacial score (nSPS) is 27.8. The summed E-state index contributed by atoms with van der Waals surface area (Å²) in [5, 5.41) is 0. The van der Waals surface area contributed by atoms with E-state index in [9.17, 15) is 4.79 Å². The molecule has 0 radical (unpaired) electrons. The molecule has 1 aromatic carbocycles. The van der Waals surface area contributed by atoms with Gasteiger partial charge in [-0.15, -0.1) is 0 Å². The average Bonchev–Trinajstić information content (AvgIpc) is 2.28. The lowest BCUT2D eigenvalue weighted by atomic mass is 9.82. The summed E-state index contributed by atoms with van der Waals surface area (Å²) in [6.07, 6.45) is 3.91. The monoisotopic (exact) mass is 246 g/mol. The van der Waals surface area contributed by atoms with Gasteiger partial charge in [0.1, 0.15) is 5.75 Å². The van der Waals surface area contributed by atoms with Crippen molar-refractivity contribution in [2.75, 3.05) is 0 Å². The van der Waals surface area contributed by atoms with Gasteiger partial charge in [0.2, 0.25) is 0 Å². The Balaban J connectivity index is 1.98. The minimum absolute atomic E-state index is 0.0986. The number of benzene rings is 1. The number of ketones is 1. The predicted octanol–water partition coefficient (Wildman–Crippen LogP) is 4.09. The minimum atomic E-state index is 0.0986. The maximum Gasteiger partial charge on any atom is 0.159 e. The van der Waals surface area contributed by atoms with Crippen LogP contribution in [0.2, 0.25) is 0 Å². The van der Waals surface area contributed by atoms with E-state index in [4.69, 9.17) is 4.74 Å². The molecule has 1 aliphatic rings. The molecule has 0 aliphatic heterocycles. The van der Waals surface area contributed by atoms with Gasteiger partial charge in [-0.1, -0.05) is 13.8 Å². The first-order valence-corrected chi connectivity index (χ1v) is 6.82. The lowest BCUT2D eigenvalue weighted by Gasteiger charge is -2.31. The Morgan fingerprint density at radius 3 is 2.11 bits per heavy atom. The van der Waals surface area contributed by atoms with Crippen LogP contribution in [0.3, 0.4) is 0 Å². The summed E-state index contributed by atoms with van der Waals surface area (Å²) in [6, 6.07) is 7.49. The highest BCUT2D eigenvalue weighted by molar-refractivity contribution is 5.94. The highest BCUT2D eigenvalue weighted by Crippen LogP contribution is 2.31. The molecule has 0 spiro atoms. The van der Waals surface area contributed by atoms with E-state index in [1.165, 1.54) is 6.42 Å². The molecule has 0 amide bonds. The number of hydrogen-bond donors (Lipinski definition) is 0. The van der Waals surface area contributed by atoms with E-state index in [0.717, 1.165) is 36.0 Å². The van der Waals surface area contributed by atoms with Crippen molar-refractivity contribution >= 4 is 5.78 Å². The van der Waals surface area contributed by atoms with E-state index in [0.29, 0.717) is 6.10 Å². The van der Waals surface area contributed by atoms with Gasteiger partial charge >= 0.3 is 0 Å². The van der Waals surface area contributed by atoms with Crippen molar-refractivity contribution in [2.45, 2.75) is 46.1 Å². The molecule has 0 N–H and O–H groups in total. The predicted molar refractivity (Wildman–Crippen MR) is 73.0 cm³/mol. The van der Waals surface area contributed by atoms with Gasteiger partial charge in [0.05, 0.1) is 6.10 Å². The summed E-state index contributed by atoms with van der Waals surface area (Å²) in [5.74, 6) is 2.47. The van der Waals surface area contributed by atoms with Crippen LogP contribution in [0.4, 0.5) is 0 Å². The fraction of sp³-hybridized carbons (Fsp3) is 0.562. The summed E-state index contributed by atoms with van der Waals surface area (Å²) in [4.78, 5) is 11.2. The average molecular weight is 246 g/mol. The fourth-order valence-corrected chi connectivity index (χ4v) is 2.93. The number of ether oxygens (including phenoxy) is 1. The molecule has 0 heterocycles. The summed E-state index contributed by atoms with van der Waals surface area (Å²) >= 11 is 0. The van der Waals surface area contributed by atoms with E-state index in [1.54, 1.807) is 6.92 Å². The molecular weight excluding hydrogens is 224 g/mol. The van der Waals surface area contributed by atoms with Gasteiger partial charge in [0.25, 0.3) is 0 Å². The van der Waals surface area contributed by atoms with Crippen molar-refractivity contribution < 1.29 is 9.53 Å². The van der Waals surface area contributed by atoms with Crippen LogP contribution in [0.25, 0.3) is 0 Å². The first-order chi connectivity index (χ1) is 8.54. The number of Topliss-reactive ketones (excluding diaryl/α,β-unsaturated/α-hetero) is 1. The Labute approximate surface area is 109 Å². The number of carbonyl (C=O) groups is 1. The molecule has 2 heteroatoms. The third-order valence-corrected chi connectivity index (χ3v) is 3.70. The Bertz CT molecular complexity index is 398. The van der Waals surface area contributed by atoms with Gasteiger partial charge in [-0.05, 0) is 62.3 Å². The van der Waals surface area contributed by atoms with Gasteiger partial charge in [-0.2, -0.15) is 0 Å². The van der Waals surface area contributed by atoms with E-state index < -0.39 is 0 Å². The summed E-state index contributed by atoms with van der Waals surface area (Å²) in [5.41, 5.74) is 0.743. The Hall–Kier alpha value is -1.31. The highest BCUT2D eigenvalue weighted by Gasteiger charge is 2.25. The molecular formula is C16H22O2. The van der Waals surface area contributed by atoms with Gasteiger partial charge in [0.15, 0.2) is 5.78 Å². The molecule has 0 bridgehead atoms. The van der Waals surface area contributed by atoms with Crippen LogP contribution in [-0.4, -0.2) is 11.9 Å². The summed E-state index contributed by atoms with van der Waals surface area (Å²) < 4.78 is 6.02. The van der Waals surface area contributed by atoms with Crippen LogP contribution in [0, 0.1) is 11.8 Å². The molecule has 0 saturated heterocycles. The minimum Gasteiger partial charge on any atom is -0.490 e. The number of rotatable bonds is 3. The third kappa shape index (κ3) is 3.34. The van der Waals surface area contributed by atoms with Crippen molar-refractivity contribution in [3.8, 4) is 5.75 Å². The number of hydrogen-bond acceptors (Lipinski definition) is 2. The summed E-state index contributed by atoms with van der Waals surface area (Å²) in [6.45, 7) is 6.18. The van der Waals surface area contributed by atoms with Crippen LogP contribution in [0.1, 0.15) is 50.4 Å². The Kier molecular flexibility index (Phi) is 4.05. The zero-order valence-corrected chi connectivity index (χ0v) is 11.5. The lowest BCUT2D eigenvalue weighted by Crippen LogP contribution is -2.28. The zero-order valence-electron chi connectivity index (χ0n) is 11.5. The SMILES string of the molecule is CC(=O)c1ccc(OC2CC(C)CC(C)C2)cc1. The molecule has 1 aromatic rings. The van der Waals surface area contributed by atoms with Gasteiger partial charge in [-0.3, -0.25) is 4.79 Å². The van der Waals surface area contributed by atoms with E-state index >= 15 is 0 Å². The van der Waals surface area contributed by atoms with Crippen molar-refractivity contribution in [1.29, 1.82) is 0 Å². The largest absolute Gasteiger partial charge is 0.490 e. The third-order valence-electron chi connectivity index (χ3n) is 3.70. The second-order valence-corrected chi connectivity index (χ2v) is 5.74. The van der Waals surface area contributed by atoms with Crippen LogP contribution < -0.4 is 4.74 Å². The molecule has 1 saturated carbocycles. The molecule has 2 nitrogen and oxygen atoms in total. The lowest BCUT2D eigenvalue weighted by molar-refractivity contribution is 0.101. The first kappa shape index (κ1) is 13.1. The maximum absolute atomic E-state index is 11.2. The van der Waals surface area contributed by atoms with E-state index in [-0.39, 0.29) is 5.78 Å². The maximum atomic E-state index is 11.2. The molecule has 1 aliphatic carbocycles. The smallest absolute Gasteiger partial charge is 0.159 e. The van der Waals surface area contributed by atoms with Crippen molar-refractivity contribution in [1.82, 2.24) is 0 Å². The molecule has 98 valence electrons. The van der Waals surface area contributed by atoms with Crippen LogP contribution in [0.5, 0.6) is 5.75 Å². The molecule has 18 heavy (non-hydrogen) atoms. The topological polar surface area (TPSA) is 26.3 Å². The van der Waals surface area contributed by atoms with Crippen LogP contribution in [0.15, 0.2) is 24.3 Å². The first-order valence-electron chi connectivity index (χ1n) is 6.82. The zero-order chi connectivity index (χ0) is 13.1. The molecule has 2 unspecified atom stereocenters. The quantitative estimate of drug-likeness (QED) is 0.751. The van der Waals surface area contributed by atoms with Gasteiger partial charge in [0, 0.05) is 5.56 Å². The Morgan fingerprint density at radius 2 is 1.61 bits per heavy atom. The number of carbonyl (C=O) groups excluding carboxylic acids is 1. The van der Waals surface area contributed by atoms with Crippen molar-refractivity contribution in [2.24, 2.45) is 11.8 Å². The van der Waals surface area contributed by atoms with Gasteiger partial charge in [-0.25, -0.2) is 0 Å². The highest BCUT2D eigenvalue weighted by atomic mass is 16.5. The summed E-state index contributed by atoms with van der Waals surface area (Å²) in [7, 11) is 0. The second-order valence-electron chi connectivity index (χ2n) is 5.74. The fourth-order valence-electron chi connectivity index (χ4n) is 2.93. The van der Waals surface area contributed by atoms with Crippen LogP contribution in [-0.2, 0) is 0 Å². The molecule has 2 atom stereocenters. The van der Waals surface area contributed by atoms with E-state index in [1.807, 2.05) is 24.3 Å². The standard InChI is InChI=1S/C16H22O2/c1-11-8-12(2)10-16(9-11)18-15-6-4-14(5-7-15)13(3)17/h4-7,11-12,16H,8-10H2,1-3H3. The van der Waals surface area contributed by atoms with Crippen molar-refractivity contribution in [3.63, 3.8) is 0 Å². The van der Waals surface area contributed by atoms with Gasteiger partial charge < -0.3 is 4.74 Å². The second kappa shape index (κ2) is 5.55. The van der Waals surface area contributed by atoms with E-state index in [2.05, 4.69) is 13.8 Å². The molecule has 0 aromatic heterocycles.